The molecule has 0 atom stereocenters. The van der Waals surface area contributed by atoms with Gasteiger partial charge in [0.2, 0.25) is 0 Å². The average molecular weight is 410 g/mol. The third kappa shape index (κ3) is 3.81. The van der Waals surface area contributed by atoms with Crippen LogP contribution in [0.1, 0.15) is 76.1 Å². The Morgan fingerprint density at radius 1 is 0.733 bits per heavy atom. The van der Waals surface area contributed by atoms with Crippen LogP contribution in [-0.2, 0) is 10.8 Å². The Kier molecular flexibility index (Phi) is 4.88. The fourth-order valence-corrected chi connectivity index (χ4v) is 3.64. The topological polar surface area (TPSA) is 70.8 Å². The fourth-order valence-electron chi connectivity index (χ4n) is 3.64. The third-order valence-corrected chi connectivity index (χ3v) is 5.36. The Labute approximate surface area is 178 Å². The van der Waals surface area contributed by atoms with Gasteiger partial charge in [-0.25, -0.2) is 0 Å². The first kappa shape index (κ1) is 20.5. The van der Waals surface area contributed by atoms with E-state index in [2.05, 4.69) is 41.5 Å². The average Bonchev–Trinajstić information content (AvgIpc) is 3.32. The summed E-state index contributed by atoms with van der Waals surface area (Å²) in [6.07, 6.45) is 0. The van der Waals surface area contributed by atoms with Crippen LogP contribution in [0.15, 0.2) is 45.2 Å². The number of fused-ring (bicyclic) bond motifs is 1. The van der Waals surface area contributed by atoms with Crippen molar-refractivity contribution in [3.63, 3.8) is 0 Å². The second-order valence-corrected chi connectivity index (χ2v) is 9.96. The van der Waals surface area contributed by atoms with E-state index >= 15 is 0 Å². The van der Waals surface area contributed by atoms with Crippen molar-refractivity contribution in [2.45, 2.75) is 58.3 Å². The Morgan fingerprint density at radius 2 is 1.20 bits per heavy atom. The normalized spacial score (nSPS) is 14.4. The smallest absolute Gasteiger partial charge is 0.163 e. The summed E-state index contributed by atoms with van der Waals surface area (Å²) in [5, 5.41) is 0. The molecule has 0 bridgehead atoms. The number of rotatable bonds is 3. The molecule has 5 heteroatoms. The van der Waals surface area contributed by atoms with E-state index in [1.807, 2.05) is 36.4 Å². The molecular weight excluding hydrogens is 378 g/mol. The van der Waals surface area contributed by atoms with Crippen LogP contribution in [-0.4, -0.2) is 13.2 Å². The lowest BCUT2D eigenvalue weighted by molar-refractivity contribution is 0.171. The van der Waals surface area contributed by atoms with Crippen molar-refractivity contribution < 1.29 is 18.3 Å². The summed E-state index contributed by atoms with van der Waals surface area (Å²) in [7, 11) is 0. The number of anilines is 1. The predicted octanol–water partition coefficient (Wildman–Crippen LogP) is 6.00. The van der Waals surface area contributed by atoms with Crippen LogP contribution in [0.5, 0.6) is 11.5 Å². The molecule has 1 aromatic carbocycles. The molecule has 1 aliphatic heterocycles. The quantitative estimate of drug-likeness (QED) is 0.537. The van der Waals surface area contributed by atoms with Crippen molar-refractivity contribution >= 4 is 5.69 Å². The molecule has 0 saturated heterocycles. The van der Waals surface area contributed by atoms with Crippen LogP contribution in [0, 0.1) is 0 Å². The molecule has 2 aromatic heterocycles. The van der Waals surface area contributed by atoms with E-state index in [1.54, 1.807) is 0 Å². The SMILES string of the molecule is CC(C)(C)c1ccc(C(c2ccc(C(C)(C)C)o2)c2cc3c(cc2N)OCCO3)o1. The molecule has 5 nitrogen and oxygen atoms in total. The van der Waals surface area contributed by atoms with Crippen molar-refractivity contribution in [1.29, 1.82) is 0 Å². The molecule has 0 aliphatic carbocycles. The van der Waals surface area contributed by atoms with Crippen LogP contribution < -0.4 is 15.2 Å². The summed E-state index contributed by atoms with van der Waals surface area (Å²) in [6, 6.07) is 11.9. The first-order chi connectivity index (χ1) is 14.0. The second kappa shape index (κ2) is 7.15. The Hall–Kier alpha value is -2.82. The van der Waals surface area contributed by atoms with Crippen LogP contribution in [0.3, 0.4) is 0 Å². The van der Waals surface area contributed by atoms with Crippen LogP contribution in [0.4, 0.5) is 5.69 Å². The molecule has 3 heterocycles. The number of benzene rings is 1. The van der Waals surface area contributed by atoms with Gasteiger partial charge in [-0.3, -0.25) is 0 Å². The highest BCUT2D eigenvalue weighted by atomic mass is 16.6. The summed E-state index contributed by atoms with van der Waals surface area (Å²) in [4.78, 5) is 0. The number of ether oxygens (including phenoxy) is 2. The zero-order valence-corrected chi connectivity index (χ0v) is 18.7. The monoisotopic (exact) mass is 409 g/mol. The fraction of sp³-hybridized carbons (Fsp3) is 0.440. The van der Waals surface area contributed by atoms with Crippen molar-refractivity contribution in [2.75, 3.05) is 18.9 Å². The first-order valence-corrected chi connectivity index (χ1v) is 10.4. The predicted molar refractivity (Wildman–Crippen MR) is 118 cm³/mol. The molecule has 30 heavy (non-hydrogen) atoms. The Morgan fingerprint density at radius 3 is 1.63 bits per heavy atom. The number of hydrogen-bond donors (Lipinski definition) is 1. The summed E-state index contributed by atoms with van der Waals surface area (Å²) in [5.41, 5.74) is 7.79. The molecule has 0 spiro atoms. The maximum atomic E-state index is 6.49. The van der Waals surface area contributed by atoms with Gasteiger partial charge >= 0.3 is 0 Å². The lowest BCUT2D eigenvalue weighted by atomic mass is 9.92. The van der Waals surface area contributed by atoms with Gasteiger partial charge in [0.1, 0.15) is 42.2 Å². The van der Waals surface area contributed by atoms with Crippen molar-refractivity contribution in [3.05, 3.63) is 65.0 Å². The number of hydrogen-bond acceptors (Lipinski definition) is 5. The lowest BCUT2D eigenvalue weighted by Crippen LogP contribution is -2.16. The van der Waals surface area contributed by atoms with E-state index in [9.17, 15) is 0 Å². The van der Waals surface area contributed by atoms with Crippen LogP contribution in [0.25, 0.3) is 0 Å². The third-order valence-electron chi connectivity index (χ3n) is 5.36. The lowest BCUT2D eigenvalue weighted by Gasteiger charge is -2.23. The standard InChI is InChI=1S/C25H31NO4/c1-24(2,3)21-9-7-17(29-21)23(18-8-10-22(30-18)25(4,5)6)15-13-19-20(14-16(15)26)28-12-11-27-19/h7-10,13-14,23H,11-12,26H2,1-6H3. The molecule has 1 aliphatic rings. The summed E-state index contributed by atoms with van der Waals surface area (Å²) >= 11 is 0. The van der Waals surface area contributed by atoms with E-state index in [4.69, 9.17) is 24.0 Å². The molecule has 3 aromatic rings. The highest BCUT2D eigenvalue weighted by molar-refractivity contribution is 5.62. The van der Waals surface area contributed by atoms with E-state index in [-0.39, 0.29) is 16.7 Å². The molecule has 0 unspecified atom stereocenters. The van der Waals surface area contributed by atoms with Crippen LogP contribution in [0.2, 0.25) is 0 Å². The van der Waals surface area contributed by atoms with Gasteiger partial charge in [0.05, 0.1) is 0 Å². The molecule has 0 fully saturated rings. The summed E-state index contributed by atoms with van der Waals surface area (Å²) in [6.45, 7) is 13.8. The van der Waals surface area contributed by atoms with E-state index < -0.39 is 0 Å². The number of nitrogen functional groups attached to an aromatic ring is 1. The highest BCUT2D eigenvalue weighted by Crippen LogP contribution is 2.44. The Bertz CT molecular complexity index is 994. The van der Waals surface area contributed by atoms with Crippen molar-refractivity contribution in [3.8, 4) is 11.5 Å². The van der Waals surface area contributed by atoms with E-state index in [0.29, 0.717) is 30.4 Å². The second-order valence-electron chi connectivity index (χ2n) is 9.96. The number of nitrogens with two attached hydrogens (primary N) is 1. The van der Waals surface area contributed by atoms with Gasteiger partial charge in [0.15, 0.2) is 11.5 Å². The van der Waals surface area contributed by atoms with Crippen LogP contribution >= 0.6 is 0 Å². The molecule has 0 saturated carbocycles. The minimum Gasteiger partial charge on any atom is -0.486 e. The molecular formula is C25H31NO4. The molecule has 0 radical (unpaired) electrons. The van der Waals surface area contributed by atoms with Gasteiger partial charge in [-0.05, 0) is 35.9 Å². The van der Waals surface area contributed by atoms with Gasteiger partial charge in [0.25, 0.3) is 0 Å². The highest BCUT2D eigenvalue weighted by Gasteiger charge is 2.31. The zero-order valence-electron chi connectivity index (χ0n) is 18.7. The largest absolute Gasteiger partial charge is 0.486 e. The zero-order chi connectivity index (χ0) is 21.7. The van der Waals surface area contributed by atoms with E-state index in [0.717, 1.165) is 28.6 Å². The maximum Gasteiger partial charge on any atom is 0.163 e. The molecule has 2 N–H and O–H groups in total. The first-order valence-electron chi connectivity index (χ1n) is 10.4. The number of furan rings is 2. The maximum absolute atomic E-state index is 6.49. The minimum absolute atomic E-state index is 0.0963. The van der Waals surface area contributed by atoms with E-state index in [1.165, 1.54) is 0 Å². The van der Waals surface area contributed by atoms with Gasteiger partial charge in [0, 0.05) is 22.6 Å². The van der Waals surface area contributed by atoms with Gasteiger partial charge in [-0.2, -0.15) is 0 Å². The van der Waals surface area contributed by atoms with Crippen molar-refractivity contribution in [1.82, 2.24) is 0 Å². The summed E-state index contributed by atoms with van der Waals surface area (Å²) in [5.74, 6) is 4.50. The molecule has 0 amide bonds. The summed E-state index contributed by atoms with van der Waals surface area (Å²) < 4.78 is 24.2. The van der Waals surface area contributed by atoms with Gasteiger partial charge in [-0.15, -0.1) is 0 Å². The minimum atomic E-state index is -0.284. The van der Waals surface area contributed by atoms with Gasteiger partial charge in [-0.1, -0.05) is 41.5 Å². The van der Waals surface area contributed by atoms with Crippen molar-refractivity contribution in [2.24, 2.45) is 0 Å². The molecule has 4 rings (SSSR count). The Balaban J connectivity index is 1.86. The molecule has 160 valence electrons. The van der Waals surface area contributed by atoms with Gasteiger partial charge < -0.3 is 24.0 Å².